The minimum atomic E-state index is 0.960. The fraction of sp³-hybridized carbons (Fsp3) is 0.400. The van der Waals surface area contributed by atoms with Gasteiger partial charge in [0, 0.05) is 74.6 Å². The average Bonchev–Trinajstić information content (AvgIpc) is 4.38. The molecule has 2 heterocycles. The van der Waals surface area contributed by atoms with Crippen LogP contribution < -0.4 is 0 Å². The molecule has 0 radical (unpaired) electrons. The van der Waals surface area contributed by atoms with E-state index in [-0.39, 0.29) is 0 Å². The van der Waals surface area contributed by atoms with E-state index in [2.05, 4.69) is 207 Å². The van der Waals surface area contributed by atoms with Gasteiger partial charge in [0.15, 0.2) is 0 Å². The molecule has 0 N–H and O–H groups in total. The second-order valence-corrected chi connectivity index (χ2v) is 27.5. The van der Waals surface area contributed by atoms with Gasteiger partial charge in [0.05, 0.1) is 0 Å². The zero-order valence-corrected chi connectivity index (χ0v) is 51.0. The molecule has 76 heavy (non-hydrogen) atoms. The molecule has 0 unspecified atom stereocenters. The number of fused-ring (bicyclic) bond motifs is 6. The number of unbranched alkanes of at least 4 members (excludes halogenated alkanes) is 12. The predicted octanol–water partition coefficient (Wildman–Crippen LogP) is 23.4. The number of rotatable bonds is 32. The molecule has 0 nitrogen and oxygen atoms in total. The summed E-state index contributed by atoms with van der Waals surface area (Å²) in [6.07, 6.45) is 25.6. The maximum atomic E-state index is 2.61. The molecule has 0 saturated carbocycles. The first kappa shape index (κ1) is 57.1. The van der Waals surface area contributed by atoms with Crippen molar-refractivity contribution in [3.05, 3.63) is 207 Å². The Kier molecular flexibility index (Phi) is 22.6. The SMILES string of the molecule is CCCCCCc1ccc(CSC(SCc2ccc(CCCCCC)cc2)=C2c3cc4c(cc3-c3sccc32)C(=C(SCc2ccc(CCCCCC)cc2)SCc2ccc(CCCCCC)cc2)c2ccsc2-4)cc1. The lowest BCUT2D eigenvalue weighted by Crippen LogP contribution is -1.93. The number of hydrogen-bond acceptors (Lipinski definition) is 6. The van der Waals surface area contributed by atoms with Crippen molar-refractivity contribution in [3.63, 3.8) is 0 Å². The van der Waals surface area contributed by atoms with Crippen molar-refractivity contribution in [3.8, 4) is 20.9 Å². The van der Waals surface area contributed by atoms with Crippen molar-refractivity contribution < 1.29 is 0 Å². The summed E-state index contributed by atoms with van der Waals surface area (Å²) in [5.74, 6) is 3.84. The molecule has 9 rings (SSSR count). The van der Waals surface area contributed by atoms with Crippen LogP contribution in [0.5, 0.6) is 0 Å². The van der Waals surface area contributed by atoms with Crippen LogP contribution in [0.4, 0.5) is 0 Å². The van der Waals surface area contributed by atoms with Gasteiger partial charge < -0.3 is 0 Å². The van der Waals surface area contributed by atoms with Gasteiger partial charge in [-0.25, -0.2) is 0 Å². The van der Waals surface area contributed by atoms with E-state index in [1.807, 2.05) is 22.7 Å². The Morgan fingerprint density at radius 3 is 0.816 bits per heavy atom. The van der Waals surface area contributed by atoms with Gasteiger partial charge in [0.1, 0.15) is 0 Å². The summed E-state index contributed by atoms with van der Waals surface area (Å²) >= 11 is 12.1. The van der Waals surface area contributed by atoms with Crippen LogP contribution in [0, 0.1) is 0 Å². The van der Waals surface area contributed by atoms with Gasteiger partial charge in [-0.3, -0.25) is 0 Å². The van der Waals surface area contributed by atoms with Crippen LogP contribution in [-0.4, -0.2) is 0 Å². The second kappa shape index (κ2) is 30.1. The van der Waals surface area contributed by atoms with Crippen LogP contribution in [0.25, 0.3) is 32.0 Å². The van der Waals surface area contributed by atoms with Crippen LogP contribution in [-0.2, 0) is 48.7 Å². The number of aryl methyl sites for hydroxylation is 4. The molecule has 5 aromatic carbocycles. The Bertz CT molecular complexity index is 2620. The van der Waals surface area contributed by atoms with Crippen molar-refractivity contribution in [2.24, 2.45) is 0 Å². The second-order valence-electron chi connectivity index (χ2n) is 21.3. The Hall–Kier alpha value is -3.62. The van der Waals surface area contributed by atoms with E-state index >= 15 is 0 Å². The molecule has 398 valence electrons. The zero-order valence-electron chi connectivity index (χ0n) is 46.1. The third-order valence-electron chi connectivity index (χ3n) is 15.3. The molecule has 6 heteroatoms. The zero-order chi connectivity index (χ0) is 52.3. The molecule has 0 fully saturated rings. The van der Waals surface area contributed by atoms with Crippen LogP contribution in [0.3, 0.4) is 0 Å². The molecular weight excluding hydrogens is 1030 g/mol. The predicted molar refractivity (Wildman–Crippen MR) is 347 cm³/mol. The summed E-state index contributed by atoms with van der Waals surface area (Å²) < 4.78 is 2.88. The first-order valence-electron chi connectivity index (χ1n) is 29.2. The summed E-state index contributed by atoms with van der Waals surface area (Å²) in [6.45, 7) is 9.20. The number of benzene rings is 5. The largest absolute Gasteiger partial charge is 0.143 e. The van der Waals surface area contributed by atoms with E-state index in [1.165, 1.54) is 236 Å². The van der Waals surface area contributed by atoms with Crippen LogP contribution in [0.2, 0.25) is 0 Å². The highest BCUT2D eigenvalue weighted by molar-refractivity contribution is 8.22. The van der Waals surface area contributed by atoms with Crippen molar-refractivity contribution >= 4 is 80.9 Å². The van der Waals surface area contributed by atoms with Crippen LogP contribution in [0.1, 0.15) is 197 Å². The Morgan fingerprint density at radius 2 is 0.553 bits per heavy atom. The van der Waals surface area contributed by atoms with Crippen molar-refractivity contribution in [1.29, 1.82) is 0 Å². The Morgan fingerprint density at radius 1 is 0.289 bits per heavy atom. The Labute approximate surface area is 484 Å². The quantitative estimate of drug-likeness (QED) is 0.0385. The number of thiophene rings is 2. The van der Waals surface area contributed by atoms with E-state index in [0.717, 1.165) is 23.0 Å². The van der Waals surface area contributed by atoms with Crippen molar-refractivity contribution in [2.45, 2.75) is 179 Å². The highest BCUT2D eigenvalue weighted by Crippen LogP contribution is 2.59. The topological polar surface area (TPSA) is 0 Å². The molecule has 7 aromatic rings. The molecule has 0 atom stereocenters. The van der Waals surface area contributed by atoms with Crippen molar-refractivity contribution in [1.82, 2.24) is 0 Å². The van der Waals surface area contributed by atoms with E-state index in [4.69, 9.17) is 0 Å². The maximum Gasteiger partial charge on any atom is 0.0493 e. The molecule has 2 aliphatic rings. The summed E-state index contributed by atoms with van der Waals surface area (Å²) in [7, 11) is 0. The van der Waals surface area contributed by atoms with E-state index < -0.39 is 0 Å². The molecule has 0 amide bonds. The third-order valence-corrected chi connectivity index (χ3v) is 22.4. The minimum Gasteiger partial charge on any atom is -0.143 e. The molecule has 0 aliphatic heterocycles. The maximum absolute atomic E-state index is 2.61. The fourth-order valence-electron chi connectivity index (χ4n) is 10.7. The van der Waals surface area contributed by atoms with E-state index in [0.29, 0.717) is 0 Å². The smallest absolute Gasteiger partial charge is 0.0493 e. The van der Waals surface area contributed by atoms with Crippen LogP contribution >= 0.6 is 69.7 Å². The summed E-state index contributed by atoms with van der Waals surface area (Å²) in [4.78, 5) is 2.85. The molecule has 2 aliphatic carbocycles. The first-order chi connectivity index (χ1) is 37.5. The monoisotopic (exact) mass is 1110 g/mol. The molecule has 0 bridgehead atoms. The molecule has 2 aromatic heterocycles. The van der Waals surface area contributed by atoms with Gasteiger partial charge in [-0.1, -0.05) is 202 Å². The van der Waals surface area contributed by atoms with E-state index in [9.17, 15) is 0 Å². The van der Waals surface area contributed by atoms with Gasteiger partial charge in [-0.2, -0.15) is 0 Å². The number of hydrogen-bond donors (Lipinski definition) is 0. The molecular formula is C70H82S6. The summed E-state index contributed by atoms with van der Waals surface area (Å²) in [5.41, 5.74) is 22.8. The minimum absolute atomic E-state index is 0.960. The van der Waals surface area contributed by atoms with Gasteiger partial charge in [-0.15, -0.1) is 69.7 Å². The summed E-state index contributed by atoms with van der Waals surface area (Å²) in [5, 5.41) is 4.67. The highest BCUT2D eigenvalue weighted by Gasteiger charge is 2.35. The fourth-order valence-corrected chi connectivity index (χ4v) is 17.4. The molecule has 0 spiro atoms. The molecule has 0 saturated heterocycles. The average molecular weight is 1120 g/mol. The standard InChI is InChI=1S/C70H82S6/c1-5-9-13-17-21-51-25-33-55(34-26-51)47-73-69(74-48-56-35-27-52(28-36-56)22-18-14-10-6-2)65-59-41-43-71-67(59)63-46-62-64(45-61(63)65)68-60(42-44-72-68)66(62)70(75-49-57-37-29-53(30-38-57)23-19-15-11-7-3)76-50-58-39-31-54(32-40-58)24-20-16-12-8-4/h25-46H,5-24,47-50H2,1-4H3. The van der Waals surface area contributed by atoms with Gasteiger partial charge in [0.2, 0.25) is 0 Å². The van der Waals surface area contributed by atoms with Crippen LogP contribution in [0.15, 0.2) is 141 Å². The number of thioether (sulfide) groups is 4. The van der Waals surface area contributed by atoms with E-state index in [1.54, 1.807) is 0 Å². The summed E-state index contributed by atoms with van der Waals surface area (Å²) in [6, 6.07) is 48.4. The first-order valence-corrected chi connectivity index (χ1v) is 34.9. The van der Waals surface area contributed by atoms with Gasteiger partial charge in [-0.05, 0) is 142 Å². The highest BCUT2D eigenvalue weighted by atomic mass is 32.2. The lowest BCUT2D eigenvalue weighted by Gasteiger charge is -2.16. The lowest BCUT2D eigenvalue weighted by atomic mass is 9.98. The Balaban J connectivity index is 1.05. The van der Waals surface area contributed by atoms with Crippen molar-refractivity contribution in [2.75, 3.05) is 0 Å². The van der Waals surface area contributed by atoms with Gasteiger partial charge >= 0.3 is 0 Å². The normalized spacial score (nSPS) is 12.3. The third kappa shape index (κ3) is 15.4. The van der Waals surface area contributed by atoms with Gasteiger partial charge in [0.25, 0.3) is 0 Å². The lowest BCUT2D eigenvalue weighted by molar-refractivity contribution is 0.667.